The lowest BCUT2D eigenvalue weighted by Crippen LogP contribution is -2.33. The SMILES string of the molecule is Clc1cc(Nc2ncnc3cccc(OC[C@@H]4CCCNC4)c23)ccc1OCc1ccccn1. The Morgan fingerprint density at radius 2 is 1.97 bits per heavy atom. The molecule has 0 saturated carbocycles. The van der Waals surface area contributed by atoms with Crippen LogP contribution in [0.15, 0.2) is 67.1 Å². The van der Waals surface area contributed by atoms with E-state index in [1.807, 2.05) is 54.6 Å². The van der Waals surface area contributed by atoms with Gasteiger partial charge in [-0.3, -0.25) is 4.98 Å². The minimum atomic E-state index is 0.348. The van der Waals surface area contributed by atoms with E-state index in [9.17, 15) is 0 Å². The highest BCUT2D eigenvalue weighted by Gasteiger charge is 2.16. The van der Waals surface area contributed by atoms with E-state index in [0.29, 0.717) is 35.7 Å². The molecule has 0 spiro atoms. The van der Waals surface area contributed by atoms with E-state index in [1.165, 1.54) is 12.8 Å². The first-order valence-corrected chi connectivity index (χ1v) is 11.8. The molecule has 0 aliphatic carbocycles. The Bertz CT molecular complexity index is 1240. The van der Waals surface area contributed by atoms with Gasteiger partial charge in [0.15, 0.2) is 0 Å². The van der Waals surface area contributed by atoms with Gasteiger partial charge in [0, 0.05) is 24.3 Å². The van der Waals surface area contributed by atoms with Crippen LogP contribution in [0.3, 0.4) is 0 Å². The number of benzene rings is 2. The zero-order valence-corrected chi connectivity index (χ0v) is 19.5. The summed E-state index contributed by atoms with van der Waals surface area (Å²) in [6.07, 6.45) is 5.64. The van der Waals surface area contributed by atoms with Crippen LogP contribution in [0.5, 0.6) is 11.5 Å². The van der Waals surface area contributed by atoms with Crippen molar-refractivity contribution in [3.05, 3.63) is 77.8 Å². The van der Waals surface area contributed by atoms with Crippen molar-refractivity contribution in [2.75, 3.05) is 25.0 Å². The first-order valence-electron chi connectivity index (χ1n) is 11.4. The normalized spacial score (nSPS) is 15.7. The molecule has 1 aliphatic rings. The number of rotatable bonds is 8. The Morgan fingerprint density at radius 1 is 1.00 bits per heavy atom. The highest BCUT2D eigenvalue weighted by Crippen LogP contribution is 2.34. The predicted molar refractivity (Wildman–Crippen MR) is 134 cm³/mol. The summed E-state index contributed by atoms with van der Waals surface area (Å²) in [5.74, 6) is 2.53. The highest BCUT2D eigenvalue weighted by molar-refractivity contribution is 6.32. The maximum Gasteiger partial charge on any atom is 0.145 e. The number of anilines is 2. The zero-order valence-electron chi connectivity index (χ0n) is 18.7. The average Bonchev–Trinajstić information content (AvgIpc) is 2.88. The monoisotopic (exact) mass is 475 g/mol. The van der Waals surface area contributed by atoms with Crippen LogP contribution in [0.25, 0.3) is 10.9 Å². The lowest BCUT2D eigenvalue weighted by molar-refractivity contribution is 0.220. The van der Waals surface area contributed by atoms with Crippen molar-refractivity contribution < 1.29 is 9.47 Å². The molecule has 2 aromatic carbocycles. The number of ether oxygens (including phenoxy) is 2. The van der Waals surface area contributed by atoms with Crippen molar-refractivity contribution in [3.63, 3.8) is 0 Å². The fraction of sp³-hybridized carbons (Fsp3) is 0.269. The molecule has 4 aromatic rings. The molecule has 0 unspecified atom stereocenters. The van der Waals surface area contributed by atoms with Crippen molar-refractivity contribution in [1.82, 2.24) is 20.3 Å². The molecule has 1 aliphatic heterocycles. The van der Waals surface area contributed by atoms with E-state index < -0.39 is 0 Å². The zero-order chi connectivity index (χ0) is 23.2. The third kappa shape index (κ3) is 5.38. The van der Waals surface area contributed by atoms with Crippen molar-refractivity contribution in [3.8, 4) is 11.5 Å². The van der Waals surface area contributed by atoms with Gasteiger partial charge in [0.05, 0.1) is 28.2 Å². The largest absolute Gasteiger partial charge is 0.492 e. The third-order valence-electron chi connectivity index (χ3n) is 5.79. The van der Waals surface area contributed by atoms with E-state index in [-0.39, 0.29) is 0 Å². The summed E-state index contributed by atoms with van der Waals surface area (Å²) < 4.78 is 12.1. The molecule has 2 N–H and O–H groups in total. The molecule has 34 heavy (non-hydrogen) atoms. The maximum absolute atomic E-state index is 6.50. The molecule has 0 bridgehead atoms. The number of piperidine rings is 1. The molecule has 3 heterocycles. The molecule has 7 nitrogen and oxygen atoms in total. The molecular weight excluding hydrogens is 450 g/mol. The third-order valence-corrected chi connectivity index (χ3v) is 6.09. The van der Waals surface area contributed by atoms with Crippen molar-refractivity contribution in [2.45, 2.75) is 19.4 Å². The fourth-order valence-corrected chi connectivity index (χ4v) is 4.27. The number of pyridine rings is 1. The van der Waals surface area contributed by atoms with Crippen LogP contribution in [0.1, 0.15) is 18.5 Å². The van der Waals surface area contributed by atoms with Crippen LogP contribution in [0, 0.1) is 5.92 Å². The summed E-state index contributed by atoms with van der Waals surface area (Å²) >= 11 is 6.50. The minimum Gasteiger partial charge on any atom is -0.492 e. The molecule has 8 heteroatoms. The molecule has 1 fully saturated rings. The molecule has 5 rings (SSSR count). The van der Waals surface area contributed by atoms with Crippen LogP contribution in [-0.4, -0.2) is 34.6 Å². The molecule has 0 radical (unpaired) electrons. The summed E-state index contributed by atoms with van der Waals surface area (Å²) in [4.78, 5) is 13.2. The quantitative estimate of drug-likeness (QED) is 0.354. The Morgan fingerprint density at radius 3 is 2.79 bits per heavy atom. The van der Waals surface area contributed by atoms with Gasteiger partial charge < -0.3 is 20.1 Å². The number of fused-ring (bicyclic) bond motifs is 1. The molecule has 2 aromatic heterocycles. The van der Waals surface area contributed by atoms with Gasteiger partial charge in [-0.05, 0) is 61.9 Å². The van der Waals surface area contributed by atoms with E-state index in [1.54, 1.807) is 12.5 Å². The van der Waals surface area contributed by atoms with Crippen LogP contribution >= 0.6 is 11.6 Å². The van der Waals surface area contributed by atoms with Gasteiger partial charge in [-0.1, -0.05) is 23.7 Å². The second kappa shape index (κ2) is 10.7. The van der Waals surface area contributed by atoms with Crippen molar-refractivity contribution in [2.24, 2.45) is 5.92 Å². The number of nitrogens with one attached hydrogen (secondary N) is 2. The summed E-state index contributed by atoms with van der Waals surface area (Å²) in [5.41, 5.74) is 2.45. The topological polar surface area (TPSA) is 81.2 Å². The Kier molecular flexibility index (Phi) is 7.02. The smallest absolute Gasteiger partial charge is 0.145 e. The van der Waals surface area contributed by atoms with E-state index in [4.69, 9.17) is 21.1 Å². The summed E-state index contributed by atoms with van der Waals surface area (Å²) in [5, 5.41) is 8.16. The van der Waals surface area contributed by atoms with Gasteiger partial charge >= 0.3 is 0 Å². The molecule has 1 atom stereocenters. The predicted octanol–water partition coefficient (Wildman–Crippen LogP) is 5.38. The van der Waals surface area contributed by atoms with Gasteiger partial charge in [0.2, 0.25) is 0 Å². The summed E-state index contributed by atoms with van der Waals surface area (Å²) in [6, 6.07) is 17.2. The Balaban J connectivity index is 1.33. The number of halogens is 1. The second-order valence-electron chi connectivity index (χ2n) is 8.28. The van der Waals surface area contributed by atoms with E-state index >= 15 is 0 Å². The van der Waals surface area contributed by atoms with Gasteiger partial charge in [0.1, 0.15) is 30.3 Å². The maximum atomic E-state index is 6.50. The fourth-order valence-electron chi connectivity index (χ4n) is 4.03. The van der Waals surface area contributed by atoms with Crippen molar-refractivity contribution in [1.29, 1.82) is 0 Å². The molecular formula is C26H26ClN5O2. The minimum absolute atomic E-state index is 0.348. The van der Waals surface area contributed by atoms with Crippen LogP contribution in [0.2, 0.25) is 5.02 Å². The number of hydrogen-bond donors (Lipinski definition) is 2. The number of nitrogens with zero attached hydrogens (tertiary/aromatic N) is 3. The van der Waals surface area contributed by atoms with Gasteiger partial charge in [0.25, 0.3) is 0 Å². The van der Waals surface area contributed by atoms with E-state index in [2.05, 4.69) is 25.6 Å². The number of hydrogen-bond acceptors (Lipinski definition) is 7. The van der Waals surface area contributed by atoms with Gasteiger partial charge in [-0.2, -0.15) is 0 Å². The standard InChI is InChI=1S/C26H26ClN5O2/c27-21-13-19(9-10-23(21)34-16-20-6-1-2-12-29-20)32-26-25-22(30-17-31-26)7-3-8-24(25)33-15-18-5-4-11-28-14-18/h1-3,6-10,12-13,17-18,28H,4-5,11,14-16H2,(H,30,31,32)/t18-/m1/s1. The Labute approximate surface area is 203 Å². The molecule has 174 valence electrons. The van der Waals surface area contributed by atoms with Crippen LogP contribution < -0.4 is 20.1 Å². The molecule has 1 saturated heterocycles. The Hall–Kier alpha value is -3.42. The summed E-state index contributed by atoms with van der Waals surface area (Å²) in [6.45, 7) is 3.08. The molecule has 0 amide bonds. The first-order chi connectivity index (χ1) is 16.8. The summed E-state index contributed by atoms with van der Waals surface area (Å²) in [7, 11) is 0. The van der Waals surface area contributed by atoms with Crippen LogP contribution in [0.4, 0.5) is 11.5 Å². The average molecular weight is 476 g/mol. The second-order valence-corrected chi connectivity index (χ2v) is 8.68. The lowest BCUT2D eigenvalue weighted by atomic mass is 10.0. The van der Waals surface area contributed by atoms with Crippen molar-refractivity contribution >= 4 is 34.0 Å². The number of aromatic nitrogens is 3. The van der Waals surface area contributed by atoms with E-state index in [0.717, 1.165) is 41.1 Å². The van der Waals surface area contributed by atoms with Crippen LogP contribution in [-0.2, 0) is 6.61 Å². The highest BCUT2D eigenvalue weighted by atomic mass is 35.5. The first kappa shape index (κ1) is 22.4. The van der Waals surface area contributed by atoms with Gasteiger partial charge in [-0.15, -0.1) is 0 Å². The lowest BCUT2D eigenvalue weighted by Gasteiger charge is -2.23. The van der Waals surface area contributed by atoms with Gasteiger partial charge in [-0.25, -0.2) is 9.97 Å².